The predicted octanol–water partition coefficient (Wildman–Crippen LogP) is 3.32. The number of oxazole rings is 1. The molecule has 0 atom stereocenters. The van der Waals surface area contributed by atoms with Gasteiger partial charge in [-0.25, -0.2) is 9.78 Å². The van der Waals surface area contributed by atoms with Crippen LogP contribution in [0, 0.1) is 6.92 Å². The van der Waals surface area contributed by atoms with Crippen molar-refractivity contribution in [2.75, 3.05) is 11.9 Å². The first-order chi connectivity index (χ1) is 11.0. The van der Waals surface area contributed by atoms with E-state index in [1.165, 1.54) is 0 Å². The molecular weight excluding hydrogens is 294 g/mol. The zero-order valence-corrected chi connectivity index (χ0v) is 13.7. The zero-order chi connectivity index (χ0) is 16.9. The third-order valence-electron chi connectivity index (χ3n) is 3.88. The molecule has 0 radical (unpaired) electrons. The van der Waals surface area contributed by atoms with Gasteiger partial charge in [0, 0.05) is 17.8 Å². The number of urea groups is 1. The van der Waals surface area contributed by atoms with Crippen LogP contribution in [-0.2, 0) is 0 Å². The van der Waals surface area contributed by atoms with Gasteiger partial charge in [0.15, 0.2) is 0 Å². The Bertz CT molecular complexity index is 663. The first-order valence-corrected chi connectivity index (χ1v) is 7.75. The second-order valence-electron chi connectivity index (χ2n) is 5.61. The summed E-state index contributed by atoms with van der Waals surface area (Å²) < 4.78 is 5.36. The number of amides is 2. The second kappa shape index (κ2) is 7.28. The van der Waals surface area contributed by atoms with E-state index in [-0.39, 0.29) is 12.6 Å². The number of aryl methyl sites for hydroxylation is 1. The number of benzene rings is 1. The van der Waals surface area contributed by atoms with Crippen LogP contribution in [0.5, 0.6) is 0 Å². The number of hydrogen-bond acceptors (Lipinski definition) is 4. The highest BCUT2D eigenvalue weighted by Crippen LogP contribution is 2.22. The van der Waals surface area contributed by atoms with Gasteiger partial charge in [-0.3, -0.25) is 0 Å². The Balaban J connectivity index is 1.99. The molecule has 23 heavy (non-hydrogen) atoms. The van der Waals surface area contributed by atoms with Crippen molar-refractivity contribution in [2.24, 2.45) is 0 Å². The number of carbonyl (C=O) groups excluding carboxylic acids is 1. The Morgan fingerprint density at radius 2 is 2.09 bits per heavy atom. The van der Waals surface area contributed by atoms with Crippen molar-refractivity contribution in [3.8, 4) is 11.5 Å². The molecule has 0 aliphatic carbocycles. The molecule has 0 saturated carbocycles. The van der Waals surface area contributed by atoms with Crippen molar-refractivity contribution in [3.05, 3.63) is 36.2 Å². The molecule has 1 aromatic heterocycles. The highest BCUT2D eigenvalue weighted by molar-refractivity contribution is 5.89. The molecule has 2 rings (SSSR count). The van der Waals surface area contributed by atoms with Crippen LogP contribution in [0.4, 0.5) is 10.5 Å². The standard InChI is InChI=1S/C17H23N3O3/c1-4-17(22,5-2)11-18-16(21)20-14-8-6-7-13(9-14)15-19-12(3)10-23-15/h6-10,22H,4-5,11H2,1-3H3,(H2,18,20,21). The van der Waals surface area contributed by atoms with Gasteiger partial charge in [-0.15, -0.1) is 0 Å². The SMILES string of the molecule is CCC(O)(CC)CNC(=O)Nc1cccc(-c2nc(C)co2)c1. The highest BCUT2D eigenvalue weighted by atomic mass is 16.3. The molecule has 1 aromatic carbocycles. The lowest BCUT2D eigenvalue weighted by atomic mass is 9.98. The number of nitrogens with one attached hydrogen (secondary N) is 2. The molecule has 3 N–H and O–H groups in total. The molecule has 0 aliphatic heterocycles. The molecule has 124 valence electrons. The van der Waals surface area contributed by atoms with E-state index in [9.17, 15) is 9.90 Å². The van der Waals surface area contributed by atoms with Crippen molar-refractivity contribution < 1.29 is 14.3 Å². The molecule has 1 heterocycles. The van der Waals surface area contributed by atoms with E-state index in [1.807, 2.05) is 32.9 Å². The molecular formula is C17H23N3O3. The fourth-order valence-electron chi connectivity index (χ4n) is 2.14. The summed E-state index contributed by atoms with van der Waals surface area (Å²) in [5.74, 6) is 0.512. The molecule has 0 bridgehead atoms. The van der Waals surface area contributed by atoms with Crippen molar-refractivity contribution in [2.45, 2.75) is 39.2 Å². The summed E-state index contributed by atoms with van der Waals surface area (Å²) in [4.78, 5) is 16.2. The number of carbonyl (C=O) groups is 1. The van der Waals surface area contributed by atoms with Crippen molar-refractivity contribution in [1.82, 2.24) is 10.3 Å². The molecule has 0 saturated heterocycles. The third kappa shape index (κ3) is 4.56. The molecule has 0 fully saturated rings. The van der Waals surface area contributed by atoms with Gasteiger partial charge in [0.05, 0.1) is 11.3 Å². The Hall–Kier alpha value is -2.34. The van der Waals surface area contributed by atoms with Crippen LogP contribution >= 0.6 is 0 Å². The fourth-order valence-corrected chi connectivity index (χ4v) is 2.14. The Labute approximate surface area is 135 Å². The summed E-state index contributed by atoms with van der Waals surface area (Å²) in [6.45, 7) is 5.85. The molecule has 2 aromatic rings. The quantitative estimate of drug-likeness (QED) is 0.762. The van der Waals surface area contributed by atoms with Crippen molar-refractivity contribution in [1.29, 1.82) is 0 Å². The Kier molecular flexibility index (Phi) is 5.39. The summed E-state index contributed by atoms with van der Waals surface area (Å²) in [5, 5.41) is 15.6. The van der Waals surface area contributed by atoms with Gasteiger partial charge < -0.3 is 20.2 Å². The van der Waals surface area contributed by atoms with Crippen LogP contribution in [0.1, 0.15) is 32.4 Å². The smallest absolute Gasteiger partial charge is 0.319 e. The van der Waals surface area contributed by atoms with Gasteiger partial charge in [-0.05, 0) is 38.0 Å². The van der Waals surface area contributed by atoms with Crippen LogP contribution in [0.25, 0.3) is 11.5 Å². The third-order valence-corrected chi connectivity index (χ3v) is 3.88. The molecule has 6 heteroatoms. The normalized spacial score (nSPS) is 11.3. The predicted molar refractivity (Wildman–Crippen MR) is 89.2 cm³/mol. The Morgan fingerprint density at radius 1 is 1.35 bits per heavy atom. The molecule has 0 unspecified atom stereocenters. The average Bonchev–Trinajstić information content (AvgIpc) is 2.99. The van der Waals surface area contributed by atoms with Crippen molar-refractivity contribution >= 4 is 11.7 Å². The van der Waals surface area contributed by atoms with Crippen LogP contribution < -0.4 is 10.6 Å². The topological polar surface area (TPSA) is 87.4 Å². The van der Waals surface area contributed by atoms with Crippen LogP contribution in [0.2, 0.25) is 0 Å². The van der Waals surface area contributed by atoms with E-state index in [0.29, 0.717) is 24.4 Å². The van der Waals surface area contributed by atoms with E-state index in [2.05, 4.69) is 15.6 Å². The van der Waals surface area contributed by atoms with E-state index < -0.39 is 5.60 Å². The number of nitrogens with zero attached hydrogens (tertiary/aromatic N) is 1. The summed E-state index contributed by atoms with van der Waals surface area (Å²) >= 11 is 0. The summed E-state index contributed by atoms with van der Waals surface area (Å²) in [6.07, 6.45) is 2.75. The monoisotopic (exact) mass is 317 g/mol. The molecule has 0 aliphatic rings. The maximum absolute atomic E-state index is 12.0. The van der Waals surface area contributed by atoms with Crippen LogP contribution in [0.3, 0.4) is 0 Å². The first kappa shape index (κ1) is 17.0. The number of aromatic nitrogens is 1. The Morgan fingerprint density at radius 3 is 2.70 bits per heavy atom. The molecule has 2 amide bonds. The average molecular weight is 317 g/mol. The maximum Gasteiger partial charge on any atom is 0.319 e. The number of anilines is 1. The van der Waals surface area contributed by atoms with Gasteiger partial charge in [0.2, 0.25) is 5.89 Å². The summed E-state index contributed by atoms with van der Waals surface area (Å²) in [6, 6.07) is 6.90. The zero-order valence-electron chi connectivity index (χ0n) is 13.7. The first-order valence-electron chi connectivity index (χ1n) is 7.75. The molecule has 6 nitrogen and oxygen atoms in total. The largest absolute Gasteiger partial charge is 0.444 e. The lowest BCUT2D eigenvalue weighted by Crippen LogP contribution is -2.43. The summed E-state index contributed by atoms with van der Waals surface area (Å²) in [7, 11) is 0. The lowest BCUT2D eigenvalue weighted by molar-refractivity contribution is 0.0354. The van der Waals surface area contributed by atoms with Crippen LogP contribution in [0.15, 0.2) is 34.9 Å². The van der Waals surface area contributed by atoms with Gasteiger partial charge in [-0.1, -0.05) is 19.9 Å². The minimum absolute atomic E-state index is 0.213. The number of hydrogen-bond donors (Lipinski definition) is 3. The van der Waals surface area contributed by atoms with E-state index >= 15 is 0 Å². The minimum atomic E-state index is -0.866. The van der Waals surface area contributed by atoms with E-state index in [4.69, 9.17) is 4.42 Å². The number of aliphatic hydroxyl groups is 1. The van der Waals surface area contributed by atoms with Gasteiger partial charge in [0.1, 0.15) is 6.26 Å². The van der Waals surface area contributed by atoms with E-state index in [1.54, 1.807) is 18.4 Å². The second-order valence-corrected chi connectivity index (χ2v) is 5.61. The van der Waals surface area contributed by atoms with Gasteiger partial charge >= 0.3 is 6.03 Å². The van der Waals surface area contributed by atoms with Gasteiger partial charge in [0.25, 0.3) is 0 Å². The highest BCUT2D eigenvalue weighted by Gasteiger charge is 2.22. The van der Waals surface area contributed by atoms with Crippen molar-refractivity contribution in [3.63, 3.8) is 0 Å². The van der Waals surface area contributed by atoms with Crippen LogP contribution in [-0.4, -0.2) is 28.3 Å². The molecule has 0 spiro atoms. The van der Waals surface area contributed by atoms with E-state index in [0.717, 1.165) is 11.3 Å². The number of rotatable bonds is 6. The van der Waals surface area contributed by atoms with Gasteiger partial charge in [-0.2, -0.15) is 0 Å². The summed E-state index contributed by atoms with van der Waals surface area (Å²) in [5.41, 5.74) is 1.35. The lowest BCUT2D eigenvalue weighted by Gasteiger charge is -2.25. The minimum Gasteiger partial charge on any atom is -0.444 e. The maximum atomic E-state index is 12.0. The fraction of sp³-hybridized carbons (Fsp3) is 0.412.